The molecular weight excluding hydrogens is 304 g/mol. The zero-order valence-electron chi connectivity index (χ0n) is 12.5. The number of nitrogens with zero attached hydrogens (tertiary/aromatic N) is 3. The van der Waals surface area contributed by atoms with E-state index >= 15 is 0 Å². The average Bonchev–Trinajstić information content (AvgIpc) is 2.97. The number of hydrogen-bond acceptors (Lipinski definition) is 4. The van der Waals surface area contributed by atoms with E-state index in [9.17, 15) is 0 Å². The van der Waals surface area contributed by atoms with E-state index < -0.39 is 0 Å². The van der Waals surface area contributed by atoms with Gasteiger partial charge in [-0.15, -0.1) is 0 Å². The molecule has 0 aliphatic carbocycles. The summed E-state index contributed by atoms with van der Waals surface area (Å²) in [7, 11) is 0. The molecule has 112 valence electrons. The maximum Gasteiger partial charge on any atom is 0.162 e. The lowest BCUT2D eigenvalue weighted by Crippen LogP contribution is -1.93. The first-order valence-corrected chi connectivity index (χ1v) is 8.13. The Hall–Kier alpha value is -2.66. The van der Waals surface area contributed by atoms with Gasteiger partial charge in [-0.1, -0.05) is 36.4 Å². The van der Waals surface area contributed by atoms with Gasteiger partial charge in [0.05, 0.1) is 5.39 Å². The minimum absolute atomic E-state index is 0.721. The number of fused-ring (bicyclic) bond motifs is 1. The van der Waals surface area contributed by atoms with Gasteiger partial charge in [0.1, 0.15) is 15.7 Å². The smallest absolute Gasteiger partial charge is 0.162 e. The molecule has 0 radical (unpaired) electrons. The predicted octanol–water partition coefficient (Wildman–Crippen LogP) is 4.48. The lowest BCUT2D eigenvalue weighted by molar-refractivity contribution is 1.08. The minimum Gasteiger partial charge on any atom is -0.343 e. The van der Waals surface area contributed by atoms with Gasteiger partial charge in [-0.05, 0) is 36.9 Å². The molecule has 1 N–H and O–H groups in total. The van der Waals surface area contributed by atoms with Crippen LogP contribution in [-0.4, -0.2) is 19.9 Å². The number of rotatable bonds is 3. The van der Waals surface area contributed by atoms with E-state index in [2.05, 4.69) is 21.0 Å². The van der Waals surface area contributed by atoms with E-state index in [4.69, 9.17) is 4.98 Å². The molecule has 23 heavy (non-hydrogen) atoms. The van der Waals surface area contributed by atoms with Crippen LogP contribution in [0, 0.1) is 6.92 Å². The molecule has 1 aromatic carbocycles. The Morgan fingerprint density at radius 3 is 2.57 bits per heavy atom. The minimum atomic E-state index is 0.721. The van der Waals surface area contributed by atoms with Crippen molar-refractivity contribution in [2.24, 2.45) is 0 Å². The summed E-state index contributed by atoms with van der Waals surface area (Å²) in [6.07, 6.45) is 1.79. The molecule has 4 aromatic rings. The van der Waals surface area contributed by atoms with Gasteiger partial charge in [0.15, 0.2) is 5.82 Å². The number of aromatic nitrogens is 4. The molecule has 0 aliphatic rings. The number of aromatic amines is 1. The normalized spacial score (nSPS) is 11.0. The highest BCUT2D eigenvalue weighted by Crippen LogP contribution is 2.32. The second-order valence-corrected chi connectivity index (χ2v) is 6.21. The van der Waals surface area contributed by atoms with Gasteiger partial charge in [0.25, 0.3) is 0 Å². The highest BCUT2D eigenvalue weighted by atomic mass is 32.2. The molecule has 0 bridgehead atoms. The number of hydrogen-bond donors (Lipinski definition) is 1. The van der Waals surface area contributed by atoms with E-state index in [-0.39, 0.29) is 0 Å². The summed E-state index contributed by atoms with van der Waals surface area (Å²) in [6, 6.07) is 18.0. The van der Waals surface area contributed by atoms with Crippen molar-refractivity contribution >= 4 is 22.8 Å². The fraction of sp³-hybridized carbons (Fsp3) is 0.0556. The van der Waals surface area contributed by atoms with Gasteiger partial charge in [-0.25, -0.2) is 15.0 Å². The summed E-state index contributed by atoms with van der Waals surface area (Å²) in [5.41, 5.74) is 2.93. The first kappa shape index (κ1) is 14.0. The molecule has 0 saturated heterocycles. The molecule has 4 nitrogen and oxygen atoms in total. The van der Waals surface area contributed by atoms with Crippen molar-refractivity contribution in [3.05, 3.63) is 66.5 Å². The third-order valence-corrected chi connectivity index (χ3v) is 4.41. The zero-order chi connectivity index (χ0) is 15.6. The van der Waals surface area contributed by atoms with Crippen LogP contribution in [0.3, 0.4) is 0 Å². The molecule has 0 saturated carbocycles. The zero-order valence-corrected chi connectivity index (χ0v) is 13.3. The van der Waals surface area contributed by atoms with Crippen LogP contribution in [0.5, 0.6) is 0 Å². The van der Waals surface area contributed by atoms with Gasteiger partial charge in [0, 0.05) is 17.5 Å². The van der Waals surface area contributed by atoms with Crippen molar-refractivity contribution in [2.45, 2.75) is 17.0 Å². The third kappa shape index (κ3) is 2.83. The molecule has 0 unspecified atom stereocenters. The highest BCUT2D eigenvalue weighted by Gasteiger charge is 2.13. The van der Waals surface area contributed by atoms with Crippen molar-refractivity contribution in [1.82, 2.24) is 19.9 Å². The van der Waals surface area contributed by atoms with Crippen LogP contribution in [0.1, 0.15) is 5.69 Å². The Morgan fingerprint density at radius 2 is 1.78 bits per heavy atom. The lowest BCUT2D eigenvalue weighted by atomic mass is 10.2. The van der Waals surface area contributed by atoms with Gasteiger partial charge in [-0.3, -0.25) is 0 Å². The molecule has 0 atom stereocenters. The van der Waals surface area contributed by atoms with E-state index in [1.54, 1.807) is 18.0 Å². The van der Waals surface area contributed by atoms with E-state index in [1.807, 2.05) is 55.5 Å². The highest BCUT2D eigenvalue weighted by molar-refractivity contribution is 7.99. The summed E-state index contributed by atoms with van der Waals surface area (Å²) in [5, 5.41) is 2.86. The maximum absolute atomic E-state index is 4.77. The molecule has 0 spiro atoms. The van der Waals surface area contributed by atoms with Crippen LogP contribution in [0.4, 0.5) is 0 Å². The Labute approximate surface area is 138 Å². The third-order valence-electron chi connectivity index (χ3n) is 3.46. The Balaban J connectivity index is 1.87. The Morgan fingerprint density at radius 1 is 0.957 bits per heavy atom. The number of benzene rings is 1. The van der Waals surface area contributed by atoms with Gasteiger partial charge < -0.3 is 4.98 Å². The van der Waals surface area contributed by atoms with Crippen LogP contribution in [0.2, 0.25) is 0 Å². The van der Waals surface area contributed by atoms with Crippen LogP contribution >= 0.6 is 11.8 Å². The maximum atomic E-state index is 4.77. The molecule has 4 rings (SSSR count). The standard InChI is InChI=1S/C18H14N4S/c1-12-11-14-17(20-12)21-16(13-7-3-2-4-8-13)22-18(14)23-15-9-5-6-10-19-15/h2-11H,1H3,(H,20,21,22). The van der Waals surface area contributed by atoms with Crippen molar-refractivity contribution in [1.29, 1.82) is 0 Å². The van der Waals surface area contributed by atoms with E-state index in [0.29, 0.717) is 0 Å². The predicted molar refractivity (Wildman–Crippen MR) is 92.4 cm³/mol. The molecule has 0 fully saturated rings. The number of aryl methyl sites for hydroxylation is 1. The second-order valence-electron chi connectivity index (χ2n) is 5.20. The first-order valence-electron chi connectivity index (χ1n) is 7.31. The van der Waals surface area contributed by atoms with Crippen molar-refractivity contribution in [3.63, 3.8) is 0 Å². The lowest BCUT2D eigenvalue weighted by Gasteiger charge is -2.05. The Kier molecular flexibility index (Phi) is 3.55. The van der Waals surface area contributed by atoms with Gasteiger partial charge in [-0.2, -0.15) is 0 Å². The second kappa shape index (κ2) is 5.85. The summed E-state index contributed by atoms with van der Waals surface area (Å²) < 4.78 is 0. The molecular formula is C18H14N4S. The molecule has 3 heterocycles. The molecule has 0 amide bonds. The molecule has 5 heteroatoms. The first-order chi connectivity index (χ1) is 11.3. The summed E-state index contributed by atoms with van der Waals surface area (Å²) in [6.45, 7) is 2.03. The summed E-state index contributed by atoms with van der Waals surface area (Å²) in [4.78, 5) is 17.1. The molecule has 3 aromatic heterocycles. The Bertz CT molecular complexity index is 949. The van der Waals surface area contributed by atoms with Crippen molar-refractivity contribution < 1.29 is 0 Å². The SMILES string of the molecule is Cc1cc2c(Sc3ccccn3)nc(-c3ccccc3)nc2[nH]1. The van der Waals surface area contributed by atoms with E-state index in [0.717, 1.165) is 38.2 Å². The van der Waals surface area contributed by atoms with Crippen LogP contribution in [0.25, 0.3) is 22.4 Å². The fourth-order valence-electron chi connectivity index (χ4n) is 2.41. The topological polar surface area (TPSA) is 54.5 Å². The quantitative estimate of drug-likeness (QED) is 0.566. The molecule has 0 aliphatic heterocycles. The number of pyridine rings is 1. The van der Waals surface area contributed by atoms with Crippen molar-refractivity contribution in [3.8, 4) is 11.4 Å². The van der Waals surface area contributed by atoms with Crippen LogP contribution in [0.15, 0.2) is 70.8 Å². The fourth-order valence-corrected chi connectivity index (χ4v) is 3.27. The largest absolute Gasteiger partial charge is 0.343 e. The van der Waals surface area contributed by atoms with Crippen LogP contribution in [-0.2, 0) is 0 Å². The van der Waals surface area contributed by atoms with Gasteiger partial charge in [0.2, 0.25) is 0 Å². The summed E-state index contributed by atoms with van der Waals surface area (Å²) in [5.74, 6) is 0.721. The monoisotopic (exact) mass is 318 g/mol. The number of H-pyrrole nitrogens is 1. The summed E-state index contributed by atoms with van der Waals surface area (Å²) >= 11 is 1.56. The van der Waals surface area contributed by atoms with Gasteiger partial charge >= 0.3 is 0 Å². The van der Waals surface area contributed by atoms with E-state index in [1.165, 1.54) is 0 Å². The van der Waals surface area contributed by atoms with Crippen molar-refractivity contribution in [2.75, 3.05) is 0 Å². The number of nitrogens with one attached hydrogen (secondary N) is 1. The average molecular weight is 318 g/mol. The van der Waals surface area contributed by atoms with Crippen LogP contribution < -0.4 is 0 Å².